The monoisotopic (exact) mass is 342 g/mol. The first-order valence-corrected chi connectivity index (χ1v) is 12.4. The first-order chi connectivity index (χ1) is 11.1. The van der Waals surface area contributed by atoms with Gasteiger partial charge in [-0.2, -0.15) is 0 Å². The standard InChI is InChI=1S/C22H34OSi/c1-16-18-13-12-17-10-8-9-11-19(17)22(18,5)15-14-20(16)23-24(6,7)21(2,3)4/h8-11,18,20H,1,12-15H2,2-7H3/t18-,20+,22-/m0/s1. The molecular weight excluding hydrogens is 308 g/mol. The molecular formula is C22H34OSi. The largest absolute Gasteiger partial charge is 0.410 e. The molecule has 0 aliphatic heterocycles. The van der Waals surface area contributed by atoms with Gasteiger partial charge in [0.2, 0.25) is 0 Å². The molecule has 1 fully saturated rings. The zero-order chi connectivity index (χ0) is 17.8. The summed E-state index contributed by atoms with van der Waals surface area (Å²) < 4.78 is 6.78. The molecule has 3 atom stereocenters. The highest BCUT2D eigenvalue weighted by Crippen LogP contribution is 2.53. The van der Waals surface area contributed by atoms with E-state index in [0.29, 0.717) is 5.92 Å². The quantitative estimate of drug-likeness (QED) is 0.456. The van der Waals surface area contributed by atoms with Crippen molar-refractivity contribution in [2.24, 2.45) is 5.92 Å². The molecule has 0 aromatic heterocycles. The zero-order valence-corrected chi connectivity index (χ0v) is 17.4. The van der Waals surface area contributed by atoms with Gasteiger partial charge in [-0.15, -0.1) is 0 Å². The topological polar surface area (TPSA) is 9.23 Å². The van der Waals surface area contributed by atoms with Crippen LogP contribution in [0.4, 0.5) is 0 Å². The third-order valence-corrected chi connectivity index (χ3v) is 11.6. The number of hydrogen-bond donors (Lipinski definition) is 0. The van der Waals surface area contributed by atoms with Crippen molar-refractivity contribution in [3.8, 4) is 0 Å². The van der Waals surface area contributed by atoms with E-state index in [-0.39, 0.29) is 16.6 Å². The molecule has 0 spiro atoms. The Morgan fingerprint density at radius 3 is 2.50 bits per heavy atom. The molecule has 2 heteroatoms. The van der Waals surface area contributed by atoms with Crippen LogP contribution in [0.1, 0.15) is 58.1 Å². The van der Waals surface area contributed by atoms with E-state index in [9.17, 15) is 0 Å². The van der Waals surface area contributed by atoms with Gasteiger partial charge in [-0.1, -0.05) is 58.5 Å². The summed E-state index contributed by atoms with van der Waals surface area (Å²) in [5.41, 5.74) is 4.73. The van der Waals surface area contributed by atoms with Crippen molar-refractivity contribution in [2.45, 2.75) is 83.0 Å². The van der Waals surface area contributed by atoms with Crippen LogP contribution in [0.25, 0.3) is 0 Å². The minimum absolute atomic E-state index is 0.249. The summed E-state index contributed by atoms with van der Waals surface area (Å²) in [7, 11) is -1.75. The molecule has 1 saturated carbocycles. The maximum atomic E-state index is 6.78. The second-order valence-electron chi connectivity index (χ2n) is 9.65. The highest BCUT2D eigenvalue weighted by atomic mass is 28.4. The van der Waals surface area contributed by atoms with Gasteiger partial charge in [0.15, 0.2) is 8.32 Å². The fraction of sp³-hybridized carbons (Fsp3) is 0.636. The molecule has 0 radical (unpaired) electrons. The fourth-order valence-corrected chi connectivity index (χ4v) is 5.85. The normalized spacial score (nSPS) is 30.7. The van der Waals surface area contributed by atoms with Crippen molar-refractivity contribution >= 4 is 8.32 Å². The molecule has 0 heterocycles. The lowest BCUT2D eigenvalue weighted by Crippen LogP contribution is -2.50. The first kappa shape index (κ1) is 17.9. The van der Waals surface area contributed by atoms with Gasteiger partial charge in [-0.05, 0) is 71.8 Å². The molecule has 1 aromatic carbocycles. The molecule has 0 saturated heterocycles. The molecule has 2 aliphatic carbocycles. The lowest BCUT2D eigenvalue weighted by atomic mass is 9.56. The Labute approximate surface area is 149 Å². The molecule has 2 aliphatic rings. The molecule has 0 amide bonds. The van der Waals surface area contributed by atoms with Gasteiger partial charge in [-0.3, -0.25) is 0 Å². The van der Waals surface area contributed by atoms with Crippen LogP contribution in [0.2, 0.25) is 18.1 Å². The van der Waals surface area contributed by atoms with Crippen molar-refractivity contribution in [3.05, 3.63) is 47.5 Å². The van der Waals surface area contributed by atoms with Gasteiger partial charge in [0.1, 0.15) is 0 Å². The van der Waals surface area contributed by atoms with Crippen molar-refractivity contribution in [1.82, 2.24) is 0 Å². The number of fused-ring (bicyclic) bond motifs is 3. The Bertz CT molecular complexity index is 640. The van der Waals surface area contributed by atoms with Crippen molar-refractivity contribution in [1.29, 1.82) is 0 Å². The summed E-state index contributed by atoms with van der Waals surface area (Å²) >= 11 is 0. The molecule has 1 nitrogen and oxygen atoms in total. The minimum Gasteiger partial charge on any atom is -0.410 e. The van der Waals surface area contributed by atoms with Gasteiger partial charge in [0, 0.05) is 0 Å². The molecule has 0 bridgehead atoms. The number of benzene rings is 1. The third-order valence-electron chi connectivity index (χ3n) is 7.13. The average Bonchev–Trinajstić information content (AvgIpc) is 2.49. The Balaban J connectivity index is 1.85. The molecule has 0 unspecified atom stereocenters. The summed E-state index contributed by atoms with van der Waals surface area (Å²) in [6, 6.07) is 9.05. The van der Waals surface area contributed by atoms with Gasteiger partial charge in [-0.25, -0.2) is 0 Å². The Morgan fingerprint density at radius 1 is 1.17 bits per heavy atom. The van der Waals surface area contributed by atoms with Crippen molar-refractivity contribution in [2.75, 3.05) is 0 Å². The molecule has 1 aromatic rings. The van der Waals surface area contributed by atoms with Gasteiger partial charge in [0.25, 0.3) is 0 Å². The Kier molecular flexibility index (Phi) is 4.37. The summed E-state index contributed by atoms with van der Waals surface area (Å²) in [5, 5.41) is 0.257. The van der Waals surface area contributed by atoms with E-state index < -0.39 is 8.32 Å². The van der Waals surface area contributed by atoms with Crippen LogP contribution in [-0.4, -0.2) is 14.4 Å². The van der Waals surface area contributed by atoms with E-state index in [4.69, 9.17) is 4.43 Å². The zero-order valence-electron chi connectivity index (χ0n) is 16.4. The first-order valence-electron chi connectivity index (χ1n) is 9.51. The molecule has 132 valence electrons. The third kappa shape index (κ3) is 2.82. The number of rotatable bonds is 2. The van der Waals surface area contributed by atoms with E-state index in [2.05, 4.69) is 71.6 Å². The van der Waals surface area contributed by atoms with E-state index >= 15 is 0 Å². The van der Waals surface area contributed by atoms with E-state index in [1.165, 1.54) is 24.8 Å². The lowest BCUT2D eigenvalue weighted by molar-refractivity contribution is 0.115. The average molecular weight is 343 g/mol. The van der Waals surface area contributed by atoms with Crippen LogP contribution in [0.5, 0.6) is 0 Å². The highest BCUT2D eigenvalue weighted by molar-refractivity contribution is 6.74. The second-order valence-corrected chi connectivity index (χ2v) is 14.4. The maximum absolute atomic E-state index is 6.78. The van der Waals surface area contributed by atoms with Gasteiger partial charge < -0.3 is 4.43 Å². The molecule has 24 heavy (non-hydrogen) atoms. The predicted octanol–water partition coefficient (Wildman–Crippen LogP) is 6.25. The summed E-state index contributed by atoms with van der Waals surface area (Å²) in [6.07, 6.45) is 5.00. The van der Waals surface area contributed by atoms with Gasteiger partial charge >= 0.3 is 0 Å². The Morgan fingerprint density at radius 2 is 1.83 bits per heavy atom. The summed E-state index contributed by atoms with van der Waals surface area (Å²) in [4.78, 5) is 0. The number of aryl methyl sites for hydroxylation is 1. The van der Waals surface area contributed by atoms with Crippen molar-refractivity contribution < 1.29 is 4.43 Å². The summed E-state index contributed by atoms with van der Waals surface area (Å²) in [6.45, 7) is 18.7. The van der Waals surface area contributed by atoms with E-state index in [0.717, 1.165) is 6.42 Å². The predicted molar refractivity (Wildman–Crippen MR) is 106 cm³/mol. The second kappa shape index (κ2) is 5.84. The fourth-order valence-electron chi connectivity index (χ4n) is 4.51. The highest BCUT2D eigenvalue weighted by Gasteiger charge is 2.48. The molecule has 3 rings (SSSR count). The summed E-state index contributed by atoms with van der Waals surface area (Å²) in [5.74, 6) is 0.566. The van der Waals surface area contributed by atoms with Gasteiger partial charge in [0.05, 0.1) is 6.10 Å². The van der Waals surface area contributed by atoms with Crippen LogP contribution in [0.3, 0.4) is 0 Å². The van der Waals surface area contributed by atoms with Crippen molar-refractivity contribution in [3.63, 3.8) is 0 Å². The maximum Gasteiger partial charge on any atom is 0.192 e. The molecule has 0 N–H and O–H groups in total. The SMILES string of the molecule is C=C1[C@H](O[Si](C)(C)C(C)(C)C)CC[C@]2(C)c3ccccc3CC[C@@H]12. The van der Waals surface area contributed by atoms with Crippen LogP contribution in [-0.2, 0) is 16.3 Å². The minimum atomic E-state index is -1.75. The van der Waals surface area contributed by atoms with E-state index in [1.54, 1.807) is 11.1 Å². The van der Waals surface area contributed by atoms with Crippen LogP contribution < -0.4 is 0 Å². The Hall–Kier alpha value is -0.863. The van der Waals surface area contributed by atoms with E-state index in [1.807, 2.05) is 0 Å². The van der Waals surface area contributed by atoms with Crippen LogP contribution in [0.15, 0.2) is 36.4 Å². The number of hydrogen-bond acceptors (Lipinski definition) is 1. The van der Waals surface area contributed by atoms with Crippen LogP contribution in [0, 0.1) is 5.92 Å². The van der Waals surface area contributed by atoms with Crippen LogP contribution >= 0.6 is 0 Å². The lowest BCUT2D eigenvalue weighted by Gasteiger charge is -2.51. The smallest absolute Gasteiger partial charge is 0.192 e.